The number of hydrogen-bond donors (Lipinski definition) is 3. The summed E-state index contributed by atoms with van der Waals surface area (Å²) in [5.74, 6) is -0.0510. The van der Waals surface area contributed by atoms with Gasteiger partial charge in [0, 0.05) is 31.5 Å². The van der Waals surface area contributed by atoms with Crippen molar-refractivity contribution in [1.29, 1.82) is 0 Å². The molecule has 0 heterocycles. The number of hydrogen-bond acceptors (Lipinski definition) is 3. The van der Waals surface area contributed by atoms with E-state index in [1.54, 1.807) is 0 Å². The number of nitrogens with two attached hydrogens (primary N) is 1. The Hall–Kier alpha value is -1.10. The fourth-order valence-electron chi connectivity index (χ4n) is 1.21. The number of nitrogens with one attached hydrogen (secondary N) is 2. The lowest BCUT2D eigenvalue weighted by atomic mass is 10.2. The minimum Gasteiger partial charge on any atom is -0.354 e. The van der Waals surface area contributed by atoms with Crippen molar-refractivity contribution in [3.63, 3.8) is 0 Å². The normalized spacial score (nSPS) is 12.3. The maximum Gasteiger partial charge on any atom is 0.220 e. The molecule has 0 radical (unpaired) electrons. The SMILES string of the molecule is CC(C)NC(=O)CCCC(=O)N[C@@H](C)CN. The first kappa shape index (κ1) is 14.9. The number of rotatable bonds is 7. The van der Waals surface area contributed by atoms with E-state index in [2.05, 4.69) is 10.6 Å². The maximum atomic E-state index is 11.3. The first-order valence-corrected chi connectivity index (χ1v) is 5.74. The molecule has 0 fully saturated rings. The zero-order chi connectivity index (χ0) is 12.6. The van der Waals surface area contributed by atoms with Crippen LogP contribution < -0.4 is 16.4 Å². The van der Waals surface area contributed by atoms with Crippen LogP contribution in [0.25, 0.3) is 0 Å². The van der Waals surface area contributed by atoms with Gasteiger partial charge in [-0.15, -0.1) is 0 Å². The van der Waals surface area contributed by atoms with E-state index in [4.69, 9.17) is 5.73 Å². The summed E-state index contributed by atoms with van der Waals surface area (Å²) in [5, 5.41) is 5.53. The highest BCUT2D eigenvalue weighted by Gasteiger charge is 2.07. The molecule has 0 saturated carbocycles. The Morgan fingerprint density at radius 2 is 1.56 bits per heavy atom. The minimum absolute atomic E-state index is 0.00279. The Labute approximate surface area is 97.2 Å². The average molecular weight is 229 g/mol. The van der Waals surface area contributed by atoms with Gasteiger partial charge in [0.05, 0.1) is 0 Å². The van der Waals surface area contributed by atoms with Gasteiger partial charge in [0.25, 0.3) is 0 Å². The summed E-state index contributed by atoms with van der Waals surface area (Å²) in [6, 6.07) is 0.149. The summed E-state index contributed by atoms with van der Waals surface area (Å²) < 4.78 is 0. The van der Waals surface area contributed by atoms with Gasteiger partial charge < -0.3 is 16.4 Å². The minimum atomic E-state index is -0.0460. The zero-order valence-electron chi connectivity index (χ0n) is 10.4. The molecule has 0 aliphatic carbocycles. The molecule has 0 aromatic carbocycles. The zero-order valence-corrected chi connectivity index (χ0v) is 10.4. The molecule has 5 heteroatoms. The van der Waals surface area contributed by atoms with E-state index in [0.717, 1.165) is 0 Å². The van der Waals surface area contributed by atoms with Gasteiger partial charge in [-0.3, -0.25) is 9.59 Å². The molecule has 0 rings (SSSR count). The number of carbonyl (C=O) groups is 2. The molecule has 0 aliphatic heterocycles. The van der Waals surface area contributed by atoms with Gasteiger partial charge in [-0.05, 0) is 27.2 Å². The first-order valence-electron chi connectivity index (χ1n) is 5.74. The molecular weight excluding hydrogens is 206 g/mol. The Balaban J connectivity index is 3.58. The van der Waals surface area contributed by atoms with E-state index in [-0.39, 0.29) is 23.9 Å². The molecule has 0 bridgehead atoms. The van der Waals surface area contributed by atoms with E-state index in [1.807, 2.05) is 20.8 Å². The van der Waals surface area contributed by atoms with Crippen LogP contribution in [0.5, 0.6) is 0 Å². The van der Waals surface area contributed by atoms with Gasteiger partial charge >= 0.3 is 0 Å². The van der Waals surface area contributed by atoms with Crippen LogP contribution in [-0.2, 0) is 9.59 Å². The van der Waals surface area contributed by atoms with Crippen molar-refractivity contribution >= 4 is 11.8 Å². The largest absolute Gasteiger partial charge is 0.354 e. The molecule has 2 amide bonds. The summed E-state index contributed by atoms with van der Waals surface area (Å²) in [4.78, 5) is 22.6. The summed E-state index contributed by atoms with van der Waals surface area (Å²) in [7, 11) is 0. The molecule has 5 nitrogen and oxygen atoms in total. The maximum absolute atomic E-state index is 11.3. The predicted molar refractivity (Wildman–Crippen MR) is 63.8 cm³/mol. The van der Waals surface area contributed by atoms with E-state index < -0.39 is 0 Å². The van der Waals surface area contributed by atoms with Gasteiger partial charge in [0.1, 0.15) is 0 Å². The molecule has 0 spiro atoms. The smallest absolute Gasteiger partial charge is 0.220 e. The molecule has 1 atom stereocenters. The Morgan fingerprint density at radius 1 is 1.06 bits per heavy atom. The highest BCUT2D eigenvalue weighted by molar-refractivity contribution is 5.79. The van der Waals surface area contributed by atoms with E-state index in [0.29, 0.717) is 25.8 Å². The Kier molecular flexibility index (Phi) is 7.54. The van der Waals surface area contributed by atoms with Gasteiger partial charge in [-0.25, -0.2) is 0 Å². The van der Waals surface area contributed by atoms with Crippen LogP contribution in [0, 0.1) is 0 Å². The van der Waals surface area contributed by atoms with Crippen molar-refractivity contribution in [3.8, 4) is 0 Å². The highest BCUT2D eigenvalue weighted by Crippen LogP contribution is 1.96. The fraction of sp³-hybridized carbons (Fsp3) is 0.818. The molecule has 0 aromatic rings. The van der Waals surface area contributed by atoms with Gasteiger partial charge in [-0.1, -0.05) is 0 Å². The quantitative estimate of drug-likeness (QED) is 0.581. The molecule has 0 saturated heterocycles. The predicted octanol–water partition coefficient (Wildman–Crippen LogP) is 0.145. The molecular formula is C11H23N3O2. The van der Waals surface area contributed by atoms with Crippen LogP contribution in [0.3, 0.4) is 0 Å². The van der Waals surface area contributed by atoms with Crippen LogP contribution >= 0.6 is 0 Å². The van der Waals surface area contributed by atoms with Crippen molar-refractivity contribution in [1.82, 2.24) is 10.6 Å². The lowest BCUT2D eigenvalue weighted by molar-refractivity contribution is -0.122. The van der Waals surface area contributed by atoms with Gasteiger partial charge in [-0.2, -0.15) is 0 Å². The Bertz CT molecular complexity index is 229. The van der Waals surface area contributed by atoms with Crippen molar-refractivity contribution in [3.05, 3.63) is 0 Å². The topological polar surface area (TPSA) is 84.2 Å². The van der Waals surface area contributed by atoms with Crippen LogP contribution in [0.2, 0.25) is 0 Å². The highest BCUT2D eigenvalue weighted by atomic mass is 16.2. The second-order valence-corrected chi connectivity index (χ2v) is 4.28. The van der Waals surface area contributed by atoms with Gasteiger partial charge in [0.2, 0.25) is 11.8 Å². The van der Waals surface area contributed by atoms with E-state index >= 15 is 0 Å². The van der Waals surface area contributed by atoms with E-state index in [1.165, 1.54) is 0 Å². The molecule has 0 aliphatic rings. The van der Waals surface area contributed by atoms with Crippen molar-refractivity contribution in [2.24, 2.45) is 5.73 Å². The number of amides is 2. The first-order chi connectivity index (χ1) is 7.45. The molecule has 0 aromatic heterocycles. The van der Waals surface area contributed by atoms with E-state index in [9.17, 15) is 9.59 Å². The summed E-state index contributed by atoms with van der Waals surface area (Å²) in [6.45, 7) is 6.10. The average Bonchev–Trinajstić information content (AvgIpc) is 2.16. The van der Waals surface area contributed by atoms with Crippen molar-refractivity contribution in [2.45, 2.75) is 52.1 Å². The van der Waals surface area contributed by atoms with Gasteiger partial charge in [0.15, 0.2) is 0 Å². The Morgan fingerprint density at radius 3 is 2.00 bits per heavy atom. The van der Waals surface area contributed by atoms with Crippen LogP contribution in [0.4, 0.5) is 0 Å². The van der Waals surface area contributed by atoms with Crippen LogP contribution in [0.1, 0.15) is 40.0 Å². The molecule has 16 heavy (non-hydrogen) atoms. The number of carbonyl (C=O) groups excluding carboxylic acids is 2. The second-order valence-electron chi connectivity index (χ2n) is 4.28. The molecule has 4 N–H and O–H groups in total. The van der Waals surface area contributed by atoms with Crippen LogP contribution in [-0.4, -0.2) is 30.4 Å². The summed E-state index contributed by atoms with van der Waals surface area (Å²) in [6.07, 6.45) is 1.33. The third kappa shape index (κ3) is 8.23. The monoisotopic (exact) mass is 229 g/mol. The van der Waals surface area contributed by atoms with Crippen molar-refractivity contribution in [2.75, 3.05) is 6.54 Å². The summed E-state index contributed by atoms with van der Waals surface area (Å²) in [5.41, 5.74) is 5.37. The lowest BCUT2D eigenvalue weighted by Gasteiger charge is -2.11. The standard InChI is InChI=1S/C11H23N3O2/c1-8(2)13-10(15)5-4-6-11(16)14-9(3)7-12/h8-9H,4-7,12H2,1-3H3,(H,13,15)(H,14,16)/t9-/m0/s1. The lowest BCUT2D eigenvalue weighted by Crippen LogP contribution is -2.37. The molecule has 94 valence electrons. The third-order valence-corrected chi connectivity index (χ3v) is 2.02. The molecule has 0 unspecified atom stereocenters. The van der Waals surface area contributed by atoms with Crippen molar-refractivity contribution < 1.29 is 9.59 Å². The van der Waals surface area contributed by atoms with Crippen LogP contribution in [0.15, 0.2) is 0 Å². The second kappa shape index (κ2) is 8.10. The fourth-order valence-corrected chi connectivity index (χ4v) is 1.21. The summed E-state index contributed by atoms with van der Waals surface area (Å²) >= 11 is 0. The third-order valence-electron chi connectivity index (χ3n) is 2.02.